The zero-order chi connectivity index (χ0) is 13.8. The minimum absolute atomic E-state index is 0. The number of benzene rings is 1. The molecule has 1 aliphatic rings. The summed E-state index contributed by atoms with van der Waals surface area (Å²) in [6.07, 6.45) is 1.21. The molecule has 0 aliphatic carbocycles. The molecule has 114 valence electrons. The number of likely N-dealkylation sites (N-methyl/N-ethyl adjacent to an activating group) is 1. The van der Waals surface area contributed by atoms with Gasteiger partial charge in [-0.2, -0.15) is 0 Å². The molecule has 0 aromatic heterocycles. The van der Waals surface area contributed by atoms with Crippen molar-refractivity contribution in [3.05, 3.63) is 22.2 Å². The van der Waals surface area contributed by atoms with Crippen molar-refractivity contribution in [3.8, 4) is 11.5 Å². The van der Waals surface area contributed by atoms with E-state index >= 15 is 0 Å². The summed E-state index contributed by atoms with van der Waals surface area (Å²) in [4.78, 5) is 2.38. The Labute approximate surface area is 135 Å². The van der Waals surface area contributed by atoms with Gasteiger partial charge >= 0.3 is 0 Å². The summed E-state index contributed by atoms with van der Waals surface area (Å²) < 4.78 is 11.7. The maximum atomic E-state index is 5.36. The number of halogens is 2. The Hall–Kier alpha value is -0.490. The molecular weight excluding hydrogens is 344 g/mol. The normalized spacial score (nSPS) is 17.9. The molecule has 20 heavy (non-hydrogen) atoms. The molecule has 0 bridgehead atoms. The van der Waals surface area contributed by atoms with Gasteiger partial charge in [-0.1, -0.05) is 15.9 Å². The number of ether oxygens (including phenoxy) is 2. The van der Waals surface area contributed by atoms with E-state index in [2.05, 4.69) is 33.2 Å². The van der Waals surface area contributed by atoms with Crippen molar-refractivity contribution in [3.63, 3.8) is 0 Å². The molecule has 0 amide bonds. The molecule has 6 heteroatoms. The van der Waals surface area contributed by atoms with Gasteiger partial charge in [-0.3, -0.25) is 4.90 Å². The third kappa shape index (κ3) is 4.01. The van der Waals surface area contributed by atoms with Crippen molar-refractivity contribution >= 4 is 28.3 Å². The summed E-state index contributed by atoms with van der Waals surface area (Å²) in [6.45, 7) is 3.08. The Morgan fingerprint density at radius 3 is 2.50 bits per heavy atom. The Balaban J connectivity index is 0.00000200. The van der Waals surface area contributed by atoms with Crippen LogP contribution in [-0.4, -0.2) is 45.3 Å². The van der Waals surface area contributed by atoms with E-state index in [1.807, 2.05) is 12.1 Å². The Kier molecular flexibility index (Phi) is 7.09. The number of hydrogen-bond donors (Lipinski definition) is 1. The topological polar surface area (TPSA) is 33.7 Å². The summed E-state index contributed by atoms with van der Waals surface area (Å²) in [7, 11) is 5.49. The molecule has 1 atom stereocenters. The van der Waals surface area contributed by atoms with Crippen LogP contribution in [-0.2, 0) is 6.54 Å². The van der Waals surface area contributed by atoms with Crippen molar-refractivity contribution in [2.75, 3.05) is 34.4 Å². The second-order valence-corrected chi connectivity index (χ2v) is 5.71. The minimum Gasteiger partial charge on any atom is -0.493 e. The highest BCUT2D eigenvalue weighted by molar-refractivity contribution is 9.10. The predicted octanol–water partition coefficient (Wildman–Crippen LogP) is 2.68. The summed E-state index contributed by atoms with van der Waals surface area (Å²) in [6, 6.07) is 4.62. The van der Waals surface area contributed by atoms with Crippen LogP contribution in [0.1, 0.15) is 12.0 Å². The highest BCUT2D eigenvalue weighted by Gasteiger charge is 2.20. The number of methoxy groups -OCH3 is 2. The van der Waals surface area contributed by atoms with Crippen molar-refractivity contribution in [2.45, 2.75) is 19.0 Å². The van der Waals surface area contributed by atoms with E-state index in [-0.39, 0.29) is 12.4 Å². The molecule has 1 aliphatic heterocycles. The van der Waals surface area contributed by atoms with Gasteiger partial charge in [0, 0.05) is 23.6 Å². The van der Waals surface area contributed by atoms with Crippen LogP contribution >= 0.6 is 28.3 Å². The Morgan fingerprint density at radius 2 is 1.95 bits per heavy atom. The van der Waals surface area contributed by atoms with E-state index in [4.69, 9.17) is 9.47 Å². The molecular formula is C14H22BrClN2O2. The van der Waals surface area contributed by atoms with Gasteiger partial charge in [0.2, 0.25) is 0 Å². The molecule has 1 heterocycles. The lowest BCUT2D eigenvalue weighted by Crippen LogP contribution is -2.32. The SMILES string of the molecule is COc1cc(Br)c(CN(C)C2CCNC2)cc1OC.Cl. The van der Waals surface area contributed by atoms with E-state index in [0.29, 0.717) is 6.04 Å². The first-order chi connectivity index (χ1) is 9.15. The number of nitrogens with zero attached hydrogens (tertiary/aromatic N) is 1. The first kappa shape index (κ1) is 17.6. The zero-order valence-electron chi connectivity index (χ0n) is 12.1. The van der Waals surface area contributed by atoms with Crippen molar-refractivity contribution in [2.24, 2.45) is 0 Å². The van der Waals surface area contributed by atoms with E-state index in [0.717, 1.165) is 35.6 Å². The fourth-order valence-corrected chi connectivity index (χ4v) is 2.88. The summed E-state index contributed by atoms with van der Waals surface area (Å²) in [5, 5.41) is 3.40. The van der Waals surface area contributed by atoms with Crippen LogP contribution in [0.3, 0.4) is 0 Å². The second-order valence-electron chi connectivity index (χ2n) is 4.86. The largest absolute Gasteiger partial charge is 0.493 e. The van der Waals surface area contributed by atoms with Crippen LogP contribution in [0.5, 0.6) is 11.5 Å². The fourth-order valence-electron chi connectivity index (χ4n) is 2.43. The summed E-state index contributed by atoms with van der Waals surface area (Å²) >= 11 is 3.61. The first-order valence-corrected chi connectivity index (χ1v) is 7.26. The smallest absolute Gasteiger partial charge is 0.161 e. The molecule has 1 aromatic carbocycles. The van der Waals surface area contributed by atoms with E-state index in [1.54, 1.807) is 14.2 Å². The lowest BCUT2D eigenvalue weighted by Gasteiger charge is -2.24. The zero-order valence-corrected chi connectivity index (χ0v) is 14.5. The highest BCUT2D eigenvalue weighted by Crippen LogP contribution is 2.34. The maximum absolute atomic E-state index is 5.36. The van der Waals surface area contributed by atoms with Gasteiger partial charge in [0.25, 0.3) is 0 Å². The minimum atomic E-state index is 0. The van der Waals surface area contributed by atoms with Crippen LogP contribution in [0, 0.1) is 0 Å². The molecule has 1 unspecified atom stereocenters. The number of hydrogen-bond acceptors (Lipinski definition) is 4. The Bertz CT molecular complexity index is 439. The van der Waals surface area contributed by atoms with Crippen molar-refractivity contribution < 1.29 is 9.47 Å². The monoisotopic (exact) mass is 364 g/mol. The second kappa shape index (κ2) is 8.08. The lowest BCUT2D eigenvalue weighted by molar-refractivity contribution is 0.248. The van der Waals surface area contributed by atoms with E-state index < -0.39 is 0 Å². The molecule has 1 N–H and O–H groups in total. The van der Waals surface area contributed by atoms with E-state index in [1.165, 1.54) is 12.0 Å². The van der Waals surface area contributed by atoms with Crippen LogP contribution in [0.4, 0.5) is 0 Å². The maximum Gasteiger partial charge on any atom is 0.161 e. The predicted molar refractivity (Wildman–Crippen MR) is 87.2 cm³/mol. The molecule has 0 spiro atoms. The highest BCUT2D eigenvalue weighted by atomic mass is 79.9. The molecule has 4 nitrogen and oxygen atoms in total. The van der Waals surface area contributed by atoms with Crippen molar-refractivity contribution in [1.29, 1.82) is 0 Å². The van der Waals surface area contributed by atoms with Crippen molar-refractivity contribution in [1.82, 2.24) is 10.2 Å². The molecule has 1 saturated heterocycles. The van der Waals surface area contributed by atoms with Gasteiger partial charge in [0.1, 0.15) is 0 Å². The summed E-state index contributed by atoms with van der Waals surface area (Å²) in [5.74, 6) is 1.53. The fraction of sp³-hybridized carbons (Fsp3) is 0.571. The van der Waals surface area contributed by atoms with E-state index in [9.17, 15) is 0 Å². The average Bonchev–Trinajstić information content (AvgIpc) is 2.94. The average molecular weight is 366 g/mol. The van der Waals surface area contributed by atoms with Crippen LogP contribution < -0.4 is 14.8 Å². The van der Waals surface area contributed by atoms with Gasteiger partial charge in [-0.05, 0) is 37.7 Å². The molecule has 1 fully saturated rings. The Morgan fingerprint density at radius 1 is 1.30 bits per heavy atom. The third-order valence-corrected chi connectivity index (χ3v) is 4.37. The van der Waals surface area contributed by atoms with Crippen LogP contribution in [0.25, 0.3) is 0 Å². The summed E-state index contributed by atoms with van der Waals surface area (Å²) in [5.41, 5.74) is 1.21. The van der Waals surface area contributed by atoms with Gasteiger partial charge in [-0.15, -0.1) is 12.4 Å². The quantitative estimate of drug-likeness (QED) is 0.870. The van der Waals surface area contributed by atoms with Gasteiger partial charge < -0.3 is 14.8 Å². The number of rotatable bonds is 5. The van der Waals surface area contributed by atoms with Gasteiger partial charge in [0.15, 0.2) is 11.5 Å². The third-order valence-electron chi connectivity index (χ3n) is 3.63. The van der Waals surface area contributed by atoms with Gasteiger partial charge in [0.05, 0.1) is 14.2 Å². The standard InChI is InChI=1S/C14H21BrN2O2.ClH/c1-17(11-4-5-16-8-11)9-10-6-13(18-2)14(19-3)7-12(10)15;/h6-7,11,16H,4-5,8-9H2,1-3H3;1H. The number of nitrogens with one attached hydrogen (secondary N) is 1. The van der Waals surface area contributed by atoms with Crippen LogP contribution in [0.15, 0.2) is 16.6 Å². The molecule has 0 radical (unpaired) electrons. The first-order valence-electron chi connectivity index (χ1n) is 6.47. The molecule has 1 aromatic rings. The van der Waals surface area contributed by atoms with Crippen LogP contribution in [0.2, 0.25) is 0 Å². The van der Waals surface area contributed by atoms with Gasteiger partial charge in [-0.25, -0.2) is 0 Å². The molecule has 2 rings (SSSR count). The lowest BCUT2D eigenvalue weighted by atomic mass is 10.1. The molecule has 0 saturated carbocycles.